The lowest BCUT2D eigenvalue weighted by Gasteiger charge is -2.35. The van der Waals surface area contributed by atoms with E-state index in [9.17, 15) is 27.2 Å². The number of carbonyl (C=O) groups excluding carboxylic acids is 2. The number of benzene rings is 1. The van der Waals surface area contributed by atoms with Crippen molar-refractivity contribution in [2.45, 2.75) is 44.6 Å². The Morgan fingerprint density at radius 2 is 1.92 bits per heavy atom. The van der Waals surface area contributed by atoms with Crippen molar-refractivity contribution < 1.29 is 36.6 Å². The van der Waals surface area contributed by atoms with Crippen molar-refractivity contribution in [2.24, 2.45) is 17.8 Å². The van der Waals surface area contributed by atoms with Gasteiger partial charge in [0.15, 0.2) is 0 Å². The molecule has 3 aliphatic rings. The van der Waals surface area contributed by atoms with Gasteiger partial charge < -0.3 is 9.47 Å². The first-order chi connectivity index (χ1) is 16.8. The molecule has 3 aliphatic heterocycles. The number of hydrogen-bond donors (Lipinski definition) is 0. The number of carbonyl (C=O) groups is 2. The minimum Gasteiger partial charge on any atom is -0.475 e. The van der Waals surface area contributed by atoms with E-state index in [0.717, 1.165) is 23.4 Å². The molecule has 0 N–H and O–H groups in total. The van der Waals surface area contributed by atoms with Crippen molar-refractivity contribution in [2.75, 3.05) is 11.5 Å². The number of fused-ring (bicyclic) bond motifs is 5. The van der Waals surface area contributed by atoms with E-state index >= 15 is 0 Å². The van der Waals surface area contributed by atoms with Gasteiger partial charge in [0.05, 0.1) is 58.2 Å². The smallest absolute Gasteiger partial charge is 0.417 e. The van der Waals surface area contributed by atoms with Gasteiger partial charge in [0.1, 0.15) is 6.33 Å². The summed E-state index contributed by atoms with van der Waals surface area (Å²) in [5, 5.41) is 9.06. The highest BCUT2D eigenvalue weighted by Crippen LogP contribution is 2.63. The summed E-state index contributed by atoms with van der Waals surface area (Å²) in [6, 6.07) is 4.22. The Morgan fingerprint density at radius 3 is 2.58 bits per heavy atom. The zero-order chi connectivity index (χ0) is 26.2. The summed E-state index contributed by atoms with van der Waals surface area (Å²) >= 11 is 0. The predicted molar refractivity (Wildman–Crippen MR) is 114 cm³/mol. The van der Waals surface area contributed by atoms with Gasteiger partial charge in [-0.05, 0) is 45.4 Å². The molecule has 4 heterocycles. The first kappa shape index (κ1) is 24.1. The van der Waals surface area contributed by atoms with Gasteiger partial charge in [0.25, 0.3) is 5.88 Å². The van der Waals surface area contributed by atoms with Crippen LogP contribution >= 0.6 is 0 Å². The molecule has 8 nitrogen and oxygen atoms in total. The third kappa shape index (κ3) is 3.29. The maximum absolute atomic E-state index is 14.3. The van der Waals surface area contributed by atoms with Gasteiger partial charge in [-0.3, -0.25) is 9.59 Å². The van der Waals surface area contributed by atoms with E-state index in [1.54, 1.807) is 13.8 Å². The number of aryl methyl sites for hydroxylation is 1. The normalized spacial score (nSPS) is 31.1. The molecule has 0 aliphatic carbocycles. The highest BCUT2D eigenvalue weighted by atomic mass is 19.4. The number of nitrogens with zero attached hydrogens (tertiary/aromatic N) is 4. The van der Waals surface area contributed by atoms with E-state index in [0.29, 0.717) is 12.5 Å². The summed E-state index contributed by atoms with van der Waals surface area (Å²) in [5.74, 6) is -4.62. The maximum Gasteiger partial charge on any atom is 0.417 e. The van der Waals surface area contributed by atoms with Gasteiger partial charge in [0.2, 0.25) is 17.6 Å². The number of aromatic nitrogens is 2. The summed E-state index contributed by atoms with van der Waals surface area (Å²) in [7, 11) is 0. The lowest BCUT2D eigenvalue weighted by Crippen LogP contribution is -2.48. The number of hydrogen-bond acceptors (Lipinski definition) is 7. The topological polar surface area (TPSA) is 105 Å². The second-order valence-corrected chi connectivity index (χ2v) is 9.70. The molecule has 5 rings (SSSR count). The number of rotatable bonds is 4. The molecule has 5 atom stereocenters. The molecule has 1 aromatic heterocycles. The Labute approximate surface area is 202 Å². The quantitative estimate of drug-likeness (QED) is 0.463. The molecular formula is C24H20F4N4O4. The number of imide groups is 1. The monoisotopic (exact) mass is 504 g/mol. The average molecular weight is 504 g/mol. The number of nitriles is 1. The van der Waals surface area contributed by atoms with Crippen molar-refractivity contribution in [1.82, 2.24) is 9.97 Å². The van der Waals surface area contributed by atoms with Crippen molar-refractivity contribution in [3.8, 4) is 11.9 Å². The van der Waals surface area contributed by atoms with Crippen LogP contribution in [-0.4, -0.2) is 39.6 Å². The zero-order valence-electron chi connectivity index (χ0n) is 19.4. The third-order valence-electron chi connectivity index (χ3n) is 7.54. The van der Waals surface area contributed by atoms with E-state index in [1.807, 2.05) is 0 Å². The van der Waals surface area contributed by atoms with Crippen LogP contribution in [0.2, 0.25) is 0 Å². The lowest BCUT2D eigenvalue weighted by molar-refractivity contribution is -0.138. The molecule has 3 fully saturated rings. The van der Waals surface area contributed by atoms with Crippen LogP contribution in [0.25, 0.3) is 0 Å². The van der Waals surface area contributed by atoms with Crippen LogP contribution in [0.1, 0.15) is 37.1 Å². The molecule has 0 radical (unpaired) electrons. The van der Waals surface area contributed by atoms with Crippen LogP contribution in [-0.2, 0) is 20.5 Å². The highest BCUT2D eigenvalue weighted by molar-refractivity contribution is 6.23. The third-order valence-corrected chi connectivity index (χ3v) is 7.54. The summed E-state index contributed by atoms with van der Waals surface area (Å²) < 4.78 is 66.6. The summed E-state index contributed by atoms with van der Waals surface area (Å²) in [6.07, 6.45) is -3.38. The molecule has 2 amide bonds. The Morgan fingerprint density at radius 1 is 1.22 bits per heavy atom. The Hall–Kier alpha value is -3.59. The number of amides is 2. The van der Waals surface area contributed by atoms with Crippen LogP contribution in [0, 0.1) is 41.8 Å². The fourth-order valence-electron chi connectivity index (χ4n) is 5.89. The Bertz CT molecular complexity index is 1340. The zero-order valence-corrected chi connectivity index (χ0v) is 19.4. The minimum absolute atomic E-state index is 0.0563. The maximum atomic E-state index is 14.3. The summed E-state index contributed by atoms with van der Waals surface area (Å²) in [6.45, 7) is 4.74. The lowest BCUT2D eigenvalue weighted by atomic mass is 9.64. The minimum atomic E-state index is -4.85. The van der Waals surface area contributed by atoms with E-state index in [1.165, 1.54) is 13.0 Å². The second kappa shape index (κ2) is 7.70. The van der Waals surface area contributed by atoms with Gasteiger partial charge in [-0.15, -0.1) is 0 Å². The van der Waals surface area contributed by atoms with Gasteiger partial charge in [-0.25, -0.2) is 9.88 Å². The van der Waals surface area contributed by atoms with E-state index < -0.39 is 63.9 Å². The standard InChI is InChI=1S/C24H20F4N4O4/c1-11-18(25)19(31-10-30-11)35-9-13-7-22(2)16-17(23(13,3)36-22)21(34)32(20(16)33)14-5-4-12(8-29)15(6-14)24(26,27)28/h4-6,10,13,16-17H,7,9H2,1-3H3/t13-,16+,17-,22+,23-/m0/s1. The number of alkyl halides is 3. The molecular weight excluding hydrogens is 484 g/mol. The van der Waals surface area contributed by atoms with E-state index in [-0.39, 0.29) is 23.9 Å². The van der Waals surface area contributed by atoms with Crippen molar-refractivity contribution in [3.05, 3.63) is 47.2 Å². The van der Waals surface area contributed by atoms with Gasteiger partial charge in [-0.1, -0.05) is 0 Å². The van der Waals surface area contributed by atoms with Gasteiger partial charge >= 0.3 is 6.18 Å². The molecule has 188 valence electrons. The van der Waals surface area contributed by atoms with Crippen LogP contribution in [0.15, 0.2) is 24.5 Å². The van der Waals surface area contributed by atoms with Gasteiger partial charge in [0, 0.05) is 5.92 Å². The molecule has 3 saturated heterocycles. The van der Waals surface area contributed by atoms with Crippen molar-refractivity contribution >= 4 is 17.5 Å². The van der Waals surface area contributed by atoms with E-state index in [4.69, 9.17) is 14.7 Å². The summed E-state index contributed by atoms with van der Waals surface area (Å²) in [5.41, 5.74) is -4.26. The molecule has 0 spiro atoms. The van der Waals surface area contributed by atoms with Crippen LogP contribution in [0.5, 0.6) is 5.88 Å². The molecule has 36 heavy (non-hydrogen) atoms. The Kier molecular flexibility index (Phi) is 5.16. The molecule has 2 bridgehead atoms. The molecule has 0 saturated carbocycles. The largest absolute Gasteiger partial charge is 0.475 e. The van der Waals surface area contributed by atoms with Crippen molar-refractivity contribution in [3.63, 3.8) is 0 Å². The number of ether oxygens (including phenoxy) is 2. The molecule has 2 aromatic rings. The fourth-order valence-corrected chi connectivity index (χ4v) is 5.89. The van der Waals surface area contributed by atoms with Crippen LogP contribution < -0.4 is 9.64 Å². The number of halogens is 4. The molecule has 12 heteroatoms. The van der Waals surface area contributed by atoms with E-state index in [2.05, 4.69) is 9.97 Å². The second-order valence-electron chi connectivity index (χ2n) is 9.70. The molecule has 1 aromatic carbocycles. The number of anilines is 1. The first-order valence-corrected chi connectivity index (χ1v) is 11.1. The fraction of sp³-hybridized carbons (Fsp3) is 0.458. The summed E-state index contributed by atoms with van der Waals surface area (Å²) in [4.78, 5) is 35.2. The van der Waals surface area contributed by atoms with Crippen molar-refractivity contribution in [1.29, 1.82) is 5.26 Å². The van der Waals surface area contributed by atoms with Gasteiger partial charge in [-0.2, -0.15) is 27.8 Å². The Balaban J connectivity index is 1.46. The average Bonchev–Trinajstić information content (AvgIpc) is 3.34. The first-order valence-electron chi connectivity index (χ1n) is 11.1. The van der Waals surface area contributed by atoms with Crippen LogP contribution in [0.3, 0.4) is 0 Å². The SMILES string of the molecule is Cc1ncnc(OC[C@@H]2C[C@@]3(C)O[C@]2(C)[C@@H]2C(=O)N(c4ccc(C#N)c(C(F)(F)F)c4)C(=O)[C@@H]23)c1F. The molecule has 0 unspecified atom stereocenters. The highest BCUT2D eigenvalue weighted by Gasteiger charge is 2.75. The van der Waals surface area contributed by atoms with Crippen LogP contribution in [0.4, 0.5) is 23.2 Å². The predicted octanol–water partition coefficient (Wildman–Crippen LogP) is 3.57.